The van der Waals surface area contributed by atoms with Gasteiger partial charge in [0.2, 0.25) is 0 Å². The minimum absolute atomic E-state index is 0.135. The van der Waals surface area contributed by atoms with Crippen molar-refractivity contribution in [3.05, 3.63) is 0 Å². The summed E-state index contributed by atoms with van der Waals surface area (Å²) >= 11 is 0. The fourth-order valence-electron chi connectivity index (χ4n) is 1.17. The summed E-state index contributed by atoms with van der Waals surface area (Å²) in [4.78, 5) is 0. The van der Waals surface area contributed by atoms with Crippen LogP contribution in [0.2, 0.25) is 0 Å². The third kappa shape index (κ3) is 4.07. The Labute approximate surface area is 76.7 Å². The second-order valence-corrected chi connectivity index (χ2v) is 4.76. The van der Waals surface area contributed by atoms with E-state index in [1.54, 1.807) is 0 Å². The average molecular weight is 172 g/mol. The van der Waals surface area contributed by atoms with Crippen LogP contribution in [-0.2, 0) is 0 Å². The Morgan fingerprint density at radius 1 is 1.25 bits per heavy atom. The molecule has 0 aliphatic heterocycles. The van der Waals surface area contributed by atoms with E-state index in [0.29, 0.717) is 6.54 Å². The summed E-state index contributed by atoms with van der Waals surface area (Å²) in [6, 6.07) is 0.135. The lowest BCUT2D eigenvalue weighted by molar-refractivity contribution is 0.247. The van der Waals surface area contributed by atoms with Crippen LogP contribution in [0, 0.1) is 11.3 Å². The topological polar surface area (TPSA) is 52.0 Å². The highest BCUT2D eigenvalue weighted by Crippen LogP contribution is 2.27. The Morgan fingerprint density at radius 2 is 1.75 bits per heavy atom. The van der Waals surface area contributed by atoms with Gasteiger partial charge in [-0.05, 0) is 17.8 Å². The van der Waals surface area contributed by atoms with Crippen molar-refractivity contribution in [2.24, 2.45) is 22.8 Å². The lowest BCUT2D eigenvalue weighted by atomic mass is 9.79. The first-order valence-electron chi connectivity index (χ1n) is 4.86. The zero-order valence-corrected chi connectivity index (χ0v) is 8.93. The Kier molecular flexibility index (Phi) is 4.80. The molecule has 0 saturated heterocycles. The van der Waals surface area contributed by atoms with Crippen LogP contribution < -0.4 is 11.5 Å². The molecule has 0 fully saturated rings. The van der Waals surface area contributed by atoms with Crippen LogP contribution in [-0.4, -0.2) is 12.6 Å². The van der Waals surface area contributed by atoms with Crippen molar-refractivity contribution in [2.75, 3.05) is 6.54 Å². The molecule has 0 heterocycles. The zero-order valence-electron chi connectivity index (χ0n) is 8.93. The highest BCUT2D eigenvalue weighted by Gasteiger charge is 2.24. The Morgan fingerprint density at radius 3 is 2.08 bits per heavy atom. The minimum atomic E-state index is 0.135. The first-order chi connectivity index (χ1) is 5.40. The molecular weight excluding hydrogens is 148 g/mol. The van der Waals surface area contributed by atoms with E-state index < -0.39 is 0 Å². The van der Waals surface area contributed by atoms with Crippen LogP contribution >= 0.6 is 0 Å². The van der Waals surface area contributed by atoms with Gasteiger partial charge in [-0.15, -0.1) is 0 Å². The van der Waals surface area contributed by atoms with Gasteiger partial charge in [0.05, 0.1) is 0 Å². The third-order valence-electron chi connectivity index (χ3n) is 2.62. The third-order valence-corrected chi connectivity index (χ3v) is 2.62. The maximum absolute atomic E-state index is 5.91. The highest BCUT2D eigenvalue weighted by molar-refractivity contribution is 4.82. The minimum Gasteiger partial charge on any atom is -0.329 e. The van der Waals surface area contributed by atoms with Gasteiger partial charge in [0.25, 0.3) is 0 Å². The summed E-state index contributed by atoms with van der Waals surface area (Å²) in [5, 5.41) is 0. The second kappa shape index (κ2) is 4.83. The SMILES string of the molecule is CC(C)CCC(C)(C)C(N)CN. The van der Waals surface area contributed by atoms with Crippen LogP contribution in [0.1, 0.15) is 40.5 Å². The van der Waals surface area contributed by atoms with E-state index >= 15 is 0 Å². The lowest BCUT2D eigenvalue weighted by Crippen LogP contribution is -2.43. The molecule has 74 valence electrons. The monoisotopic (exact) mass is 172 g/mol. The van der Waals surface area contributed by atoms with Crippen molar-refractivity contribution >= 4 is 0 Å². The van der Waals surface area contributed by atoms with E-state index in [4.69, 9.17) is 11.5 Å². The summed E-state index contributed by atoms with van der Waals surface area (Å²) in [5.74, 6) is 0.759. The number of hydrogen-bond donors (Lipinski definition) is 2. The van der Waals surface area contributed by atoms with Gasteiger partial charge in [0.1, 0.15) is 0 Å². The normalized spacial score (nSPS) is 15.2. The molecular formula is C10H24N2. The molecule has 0 bridgehead atoms. The maximum Gasteiger partial charge on any atom is 0.0215 e. The van der Waals surface area contributed by atoms with Crippen LogP contribution in [0.5, 0.6) is 0 Å². The van der Waals surface area contributed by atoms with E-state index in [1.165, 1.54) is 12.8 Å². The molecule has 0 amide bonds. The predicted octanol–water partition coefficient (Wildman–Crippen LogP) is 1.73. The molecule has 0 aliphatic carbocycles. The summed E-state index contributed by atoms with van der Waals surface area (Å²) in [5.41, 5.74) is 11.6. The van der Waals surface area contributed by atoms with Crippen LogP contribution in [0.3, 0.4) is 0 Å². The van der Waals surface area contributed by atoms with E-state index in [1.807, 2.05) is 0 Å². The summed E-state index contributed by atoms with van der Waals surface area (Å²) in [6.45, 7) is 9.47. The number of hydrogen-bond acceptors (Lipinski definition) is 2. The standard InChI is InChI=1S/C10H24N2/c1-8(2)5-6-10(3,4)9(12)7-11/h8-9H,5-7,11-12H2,1-4H3. The molecule has 0 radical (unpaired) electrons. The van der Waals surface area contributed by atoms with Gasteiger partial charge in [0.15, 0.2) is 0 Å². The summed E-state index contributed by atoms with van der Waals surface area (Å²) < 4.78 is 0. The molecule has 1 unspecified atom stereocenters. The fraction of sp³-hybridized carbons (Fsp3) is 1.00. The van der Waals surface area contributed by atoms with Gasteiger partial charge in [-0.1, -0.05) is 34.1 Å². The van der Waals surface area contributed by atoms with Crippen LogP contribution in [0.15, 0.2) is 0 Å². The van der Waals surface area contributed by atoms with Crippen LogP contribution in [0.25, 0.3) is 0 Å². The Hall–Kier alpha value is -0.0800. The second-order valence-electron chi connectivity index (χ2n) is 4.76. The highest BCUT2D eigenvalue weighted by atomic mass is 14.7. The molecule has 0 saturated carbocycles. The predicted molar refractivity (Wildman–Crippen MR) is 54.9 cm³/mol. The molecule has 12 heavy (non-hydrogen) atoms. The zero-order chi connectivity index (χ0) is 9.78. The van der Waals surface area contributed by atoms with E-state index in [0.717, 1.165) is 5.92 Å². The van der Waals surface area contributed by atoms with Crippen LogP contribution in [0.4, 0.5) is 0 Å². The summed E-state index contributed by atoms with van der Waals surface area (Å²) in [7, 11) is 0. The van der Waals surface area contributed by atoms with Crippen molar-refractivity contribution in [3.63, 3.8) is 0 Å². The molecule has 2 heteroatoms. The fourth-order valence-corrected chi connectivity index (χ4v) is 1.17. The van der Waals surface area contributed by atoms with Crippen molar-refractivity contribution in [2.45, 2.75) is 46.6 Å². The van der Waals surface area contributed by atoms with Gasteiger partial charge in [-0.25, -0.2) is 0 Å². The quantitative estimate of drug-likeness (QED) is 0.663. The van der Waals surface area contributed by atoms with Crippen molar-refractivity contribution in [1.29, 1.82) is 0 Å². The molecule has 0 aromatic heterocycles. The van der Waals surface area contributed by atoms with Gasteiger partial charge in [-0.2, -0.15) is 0 Å². The molecule has 0 spiro atoms. The summed E-state index contributed by atoms with van der Waals surface area (Å²) in [6.07, 6.45) is 2.41. The van der Waals surface area contributed by atoms with Gasteiger partial charge in [0, 0.05) is 12.6 Å². The Bertz CT molecular complexity index is 119. The average Bonchev–Trinajstić information content (AvgIpc) is 1.99. The first kappa shape index (κ1) is 11.9. The van der Waals surface area contributed by atoms with E-state index in [-0.39, 0.29) is 11.5 Å². The van der Waals surface area contributed by atoms with Gasteiger partial charge >= 0.3 is 0 Å². The van der Waals surface area contributed by atoms with Crippen molar-refractivity contribution in [1.82, 2.24) is 0 Å². The molecule has 2 nitrogen and oxygen atoms in total. The number of rotatable bonds is 5. The maximum atomic E-state index is 5.91. The Balaban J connectivity index is 3.86. The largest absolute Gasteiger partial charge is 0.329 e. The lowest BCUT2D eigenvalue weighted by Gasteiger charge is -2.31. The molecule has 0 aliphatic rings. The van der Waals surface area contributed by atoms with Crippen molar-refractivity contribution in [3.8, 4) is 0 Å². The molecule has 0 aromatic carbocycles. The molecule has 4 N–H and O–H groups in total. The number of nitrogens with two attached hydrogens (primary N) is 2. The van der Waals surface area contributed by atoms with E-state index in [2.05, 4.69) is 27.7 Å². The molecule has 1 atom stereocenters. The first-order valence-corrected chi connectivity index (χ1v) is 4.86. The molecule has 0 rings (SSSR count). The smallest absolute Gasteiger partial charge is 0.0215 e. The van der Waals surface area contributed by atoms with Gasteiger partial charge < -0.3 is 11.5 Å². The van der Waals surface area contributed by atoms with Crippen molar-refractivity contribution < 1.29 is 0 Å². The van der Waals surface area contributed by atoms with Gasteiger partial charge in [-0.3, -0.25) is 0 Å². The van der Waals surface area contributed by atoms with E-state index in [9.17, 15) is 0 Å². The molecule has 0 aromatic rings.